The smallest absolute Gasteiger partial charge is 0.229 e. The number of ether oxygens (including phenoxy) is 2. The molecule has 2 aliphatic rings. The zero-order valence-corrected chi connectivity index (χ0v) is 16.6. The highest BCUT2D eigenvalue weighted by Crippen LogP contribution is 2.34. The molecule has 2 aromatic carbocycles. The molecule has 1 saturated carbocycles. The minimum Gasteiger partial charge on any atom is -0.486 e. The van der Waals surface area contributed by atoms with Gasteiger partial charge in [-0.05, 0) is 49.9 Å². The Kier molecular flexibility index (Phi) is 5.69. The van der Waals surface area contributed by atoms with Crippen molar-refractivity contribution in [2.24, 2.45) is 11.8 Å². The van der Waals surface area contributed by atoms with Crippen LogP contribution in [0.3, 0.4) is 0 Å². The van der Waals surface area contributed by atoms with Crippen molar-refractivity contribution >= 4 is 23.2 Å². The van der Waals surface area contributed by atoms with Gasteiger partial charge in [-0.2, -0.15) is 0 Å². The Bertz CT molecular complexity index is 876. The molecule has 29 heavy (non-hydrogen) atoms. The van der Waals surface area contributed by atoms with Crippen LogP contribution in [-0.4, -0.2) is 32.1 Å². The summed E-state index contributed by atoms with van der Waals surface area (Å²) in [6, 6.07) is 15.1. The summed E-state index contributed by atoms with van der Waals surface area (Å²) >= 11 is 0. The summed E-state index contributed by atoms with van der Waals surface area (Å²) < 4.78 is 11.1. The molecule has 1 fully saturated rings. The van der Waals surface area contributed by atoms with Crippen LogP contribution in [0.4, 0.5) is 11.4 Å². The van der Waals surface area contributed by atoms with E-state index in [4.69, 9.17) is 9.47 Å². The molecule has 0 aromatic heterocycles. The topological polar surface area (TPSA) is 67.9 Å². The fraction of sp³-hybridized carbons (Fsp3) is 0.391. The van der Waals surface area contributed by atoms with Gasteiger partial charge in [0.05, 0.1) is 0 Å². The Balaban J connectivity index is 1.31. The van der Waals surface area contributed by atoms with Crippen molar-refractivity contribution in [2.45, 2.75) is 25.7 Å². The van der Waals surface area contributed by atoms with E-state index in [9.17, 15) is 9.59 Å². The second kappa shape index (κ2) is 8.55. The van der Waals surface area contributed by atoms with Crippen molar-refractivity contribution in [3.05, 3.63) is 48.5 Å². The lowest BCUT2D eigenvalue weighted by atomic mass is 9.81. The number of fused-ring (bicyclic) bond motifs is 1. The van der Waals surface area contributed by atoms with Gasteiger partial charge in [-0.15, -0.1) is 0 Å². The van der Waals surface area contributed by atoms with Crippen LogP contribution in [0.25, 0.3) is 0 Å². The number of amides is 2. The van der Waals surface area contributed by atoms with Crippen LogP contribution in [0.2, 0.25) is 0 Å². The van der Waals surface area contributed by atoms with Gasteiger partial charge < -0.3 is 19.7 Å². The van der Waals surface area contributed by atoms with Gasteiger partial charge in [-0.1, -0.05) is 18.2 Å². The number of hydrogen-bond acceptors (Lipinski definition) is 4. The molecular formula is C23H26N2O4. The molecule has 0 saturated heterocycles. The summed E-state index contributed by atoms with van der Waals surface area (Å²) in [6.07, 6.45) is 2.90. The SMILES string of the molecule is CN(C(=O)C1CCC(C(=O)Nc2ccc3c(c2)OCCO3)CC1)c1ccccc1. The number of carbonyl (C=O) groups is 2. The third-order valence-corrected chi connectivity index (χ3v) is 5.73. The van der Waals surface area contributed by atoms with E-state index in [-0.39, 0.29) is 23.7 Å². The van der Waals surface area contributed by atoms with Crippen molar-refractivity contribution in [3.63, 3.8) is 0 Å². The number of carbonyl (C=O) groups excluding carboxylic acids is 2. The van der Waals surface area contributed by atoms with Crippen LogP contribution in [-0.2, 0) is 9.59 Å². The monoisotopic (exact) mass is 394 g/mol. The van der Waals surface area contributed by atoms with Gasteiger partial charge in [0.2, 0.25) is 11.8 Å². The molecule has 152 valence electrons. The molecule has 4 rings (SSSR count). The summed E-state index contributed by atoms with van der Waals surface area (Å²) in [5, 5.41) is 2.98. The quantitative estimate of drug-likeness (QED) is 0.855. The fourth-order valence-electron chi connectivity index (χ4n) is 4.02. The van der Waals surface area contributed by atoms with Crippen molar-refractivity contribution in [2.75, 3.05) is 30.5 Å². The van der Waals surface area contributed by atoms with Crippen molar-refractivity contribution in [3.8, 4) is 11.5 Å². The zero-order valence-electron chi connectivity index (χ0n) is 16.6. The van der Waals surface area contributed by atoms with E-state index >= 15 is 0 Å². The molecule has 0 atom stereocenters. The lowest BCUT2D eigenvalue weighted by Crippen LogP contribution is -2.36. The Morgan fingerprint density at radius 3 is 2.28 bits per heavy atom. The molecule has 0 radical (unpaired) electrons. The molecule has 1 heterocycles. The van der Waals surface area contributed by atoms with Gasteiger partial charge >= 0.3 is 0 Å². The normalized spacial score (nSPS) is 20.6. The third-order valence-electron chi connectivity index (χ3n) is 5.73. The van der Waals surface area contributed by atoms with Crippen LogP contribution in [0.15, 0.2) is 48.5 Å². The molecule has 0 bridgehead atoms. The first-order valence-electron chi connectivity index (χ1n) is 10.1. The van der Waals surface area contributed by atoms with E-state index in [1.54, 1.807) is 11.0 Å². The molecule has 0 unspecified atom stereocenters. The number of nitrogens with zero attached hydrogens (tertiary/aromatic N) is 1. The number of benzene rings is 2. The first-order chi connectivity index (χ1) is 14.1. The van der Waals surface area contributed by atoms with Crippen molar-refractivity contribution in [1.29, 1.82) is 0 Å². The Hall–Kier alpha value is -3.02. The van der Waals surface area contributed by atoms with Gasteiger partial charge in [-0.3, -0.25) is 9.59 Å². The van der Waals surface area contributed by atoms with Crippen LogP contribution < -0.4 is 19.7 Å². The number of para-hydroxylation sites is 1. The van der Waals surface area contributed by atoms with E-state index in [0.29, 0.717) is 30.4 Å². The van der Waals surface area contributed by atoms with E-state index in [0.717, 1.165) is 31.4 Å². The largest absolute Gasteiger partial charge is 0.486 e. The number of rotatable bonds is 4. The first-order valence-corrected chi connectivity index (χ1v) is 10.1. The van der Waals surface area contributed by atoms with Crippen molar-refractivity contribution in [1.82, 2.24) is 0 Å². The highest BCUT2D eigenvalue weighted by Gasteiger charge is 2.31. The summed E-state index contributed by atoms with van der Waals surface area (Å²) in [5.74, 6) is 1.39. The minimum atomic E-state index is -0.0747. The predicted molar refractivity (Wildman–Crippen MR) is 111 cm³/mol. The average Bonchev–Trinajstić information content (AvgIpc) is 2.78. The molecule has 1 aliphatic heterocycles. The molecule has 6 nitrogen and oxygen atoms in total. The van der Waals surface area contributed by atoms with Crippen LogP contribution in [0, 0.1) is 11.8 Å². The second-order valence-electron chi connectivity index (χ2n) is 7.63. The number of hydrogen-bond donors (Lipinski definition) is 1. The van der Waals surface area contributed by atoms with Gasteiger partial charge in [0.15, 0.2) is 11.5 Å². The highest BCUT2D eigenvalue weighted by molar-refractivity contribution is 5.95. The molecule has 6 heteroatoms. The van der Waals surface area contributed by atoms with Gasteiger partial charge in [-0.25, -0.2) is 0 Å². The van der Waals surface area contributed by atoms with Gasteiger partial charge in [0.1, 0.15) is 13.2 Å². The average molecular weight is 394 g/mol. The summed E-state index contributed by atoms with van der Waals surface area (Å²) in [7, 11) is 1.82. The standard InChI is InChI=1S/C23H26N2O4/c1-25(19-5-3-2-4-6-19)23(27)17-9-7-16(8-10-17)22(26)24-18-11-12-20-21(15-18)29-14-13-28-20/h2-6,11-12,15-17H,7-10,13-14H2,1H3,(H,24,26). The molecule has 1 N–H and O–H groups in total. The van der Waals surface area contributed by atoms with E-state index in [2.05, 4.69) is 5.32 Å². The lowest BCUT2D eigenvalue weighted by Gasteiger charge is -2.30. The molecular weight excluding hydrogens is 368 g/mol. The molecule has 2 aromatic rings. The Morgan fingerprint density at radius 1 is 0.897 bits per heavy atom. The highest BCUT2D eigenvalue weighted by atomic mass is 16.6. The van der Waals surface area contributed by atoms with Crippen LogP contribution in [0.5, 0.6) is 11.5 Å². The summed E-state index contributed by atoms with van der Waals surface area (Å²) in [6.45, 7) is 1.06. The van der Waals surface area contributed by atoms with E-state index in [1.165, 1.54) is 0 Å². The first kappa shape index (κ1) is 19.3. The minimum absolute atomic E-state index is 0.00370. The predicted octanol–water partition coefficient (Wildman–Crippen LogP) is 3.87. The second-order valence-corrected chi connectivity index (χ2v) is 7.63. The van der Waals surface area contributed by atoms with Crippen molar-refractivity contribution < 1.29 is 19.1 Å². The number of nitrogens with one attached hydrogen (secondary N) is 1. The van der Waals surface area contributed by atoms with E-state index < -0.39 is 0 Å². The zero-order chi connectivity index (χ0) is 20.2. The number of anilines is 2. The molecule has 0 spiro atoms. The third kappa shape index (κ3) is 4.36. The Morgan fingerprint density at radius 2 is 1.55 bits per heavy atom. The summed E-state index contributed by atoms with van der Waals surface area (Å²) in [4.78, 5) is 27.2. The van der Waals surface area contributed by atoms with Crippen LogP contribution in [0.1, 0.15) is 25.7 Å². The lowest BCUT2D eigenvalue weighted by molar-refractivity contribution is -0.126. The fourth-order valence-corrected chi connectivity index (χ4v) is 4.02. The van der Waals surface area contributed by atoms with Gasteiger partial charge in [0.25, 0.3) is 0 Å². The Labute approximate surface area is 170 Å². The van der Waals surface area contributed by atoms with Crippen LogP contribution >= 0.6 is 0 Å². The molecule has 2 amide bonds. The maximum absolute atomic E-state index is 12.8. The summed E-state index contributed by atoms with van der Waals surface area (Å²) in [5.41, 5.74) is 1.61. The van der Waals surface area contributed by atoms with E-state index in [1.807, 2.05) is 49.5 Å². The maximum Gasteiger partial charge on any atom is 0.229 e. The van der Waals surface area contributed by atoms with Gasteiger partial charge in [0, 0.05) is 36.3 Å². The molecule has 1 aliphatic carbocycles. The maximum atomic E-state index is 12.8.